The first-order valence-corrected chi connectivity index (χ1v) is 10.2. The Bertz CT molecular complexity index is 597. The number of carbonyl (C=O) groups excluding carboxylic acids is 2. The number of nitrogens with zero attached hydrogens (tertiary/aromatic N) is 2. The summed E-state index contributed by atoms with van der Waals surface area (Å²) in [6.45, 7) is 2.33. The van der Waals surface area contributed by atoms with Gasteiger partial charge in [0.05, 0.1) is 5.92 Å². The molecule has 1 aromatic rings. The highest BCUT2D eigenvalue weighted by molar-refractivity contribution is 7.09. The Hall–Kier alpha value is -1.36. The van der Waals surface area contributed by atoms with Crippen molar-refractivity contribution >= 4 is 23.2 Å². The molecule has 5 heteroatoms. The maximum Gasteiger partial charge on any atom is 0.227 e. The molecule has 2 atom stereocenters. The third-order valence-electron chi connectivity index (χ3n) is 5.69. The van der Waals surface area contributed by atoms with Gasteiger partial charge in [0, 0.05) is 37.0 Å². The van der Waals surface area contributed by atoms with Crippen LogP contribution in [0.1, 0.15) is 43.4 Å². The number of hydrogen-bond acceptors (Lipinski definition) is 3. The Morgan fingerprint density at radius 3 is 2.83 bits per heavy atom. The van der Waals surface area contributed by atoms with Crippen LogP contribution >= 0.6 is 11.3 Å². The van der Waals surface area contributed by atoms with Crippen LogP contribution in [0.2, 0.25) is 0 Å². The fourth-order valence-corrected chi connectivity index (χ4v) is 4.84. The molecule has 24 heavy (non-hydrogen) atoms. The zero-order chi connectivity index (χ0) is 16.5. The van der Waals surface area contributed by atoms with E-state index in [4.69, 9.17) is 0 Å². The smallest absolute Gasteiger partial charge is 0.227 e. The minimum atomic E-state index is 0.0451. The molecule has 4 fully saturated rings. The molecule has 4 nitrogen and oxygen atoms in total. The molecule has 5 rings (SSSR count). The van der Waals surface area contributed by atoms with E-state index in [1.54, 1.807) is 11.3 Å². The van der Waals surface area contributed by atoms with Crippen molar-refractivity contribution in [2.24, 2.45) is 11.8 Å². The standard InChI is InChI=1S/C19H26N2O2S/c22-18(5-1-3-17-4-2-10-24-17)20-12-15-8-9-16(13-20)21(19(15)23)11-14-6-7-14/h2,4,10,14-16H,1,3,5-9,11-13H2. The molecule has 0 aromatic carbocycles. The van der Waals surface area contributed by atoms with Crippen molar-refractivity contribution in [3.05, 3.63) is 22.4 Å². The molecule has 4 heterocycles. The summed E-state index contributed by atoms with van der Waals surface area (Å²) in [7, 11) is 0. The predicted molar refractivity (Wildman–Crippen MR) is 94.8 cm³/mol. The van der Waals surface area contributed by atoms with Gasteiger partial charge in [0.1, 0.15) is 0 Å². The van der Waals surface area contributed by atoms with Gasteiger partial charge in [0.25, 0.3) is 0 Å². The maximum absolute atomic E-state index is 12.7. The number of carbonyl (C=O) groups is 2. The second kappa shape index (κ2) is 6.87. The lowest BCUT2D eigenvalue weighted by Gasteiger charge is -2.36. The number of rotatable bonds is 6. The summed E-state index contributed by atoms with van der Waals surface area (Å²) >= 11 is 1.76. The zero-order valence-corrected chi connectivity index (χ0v) is 15.0. The minimum absolute atomic E-state index is 0.0451. The third-order valence-corrected chi connectivity index (χ3v) is 6.63. The average Bonchev–Trinajstić information content (AvgIpc) is 3.32. The lowest BCUT2D eigenvalue weighted by molar-refractivity contribution is -0.140. The average molecular weight is 346 g/mol. The molecule has 4 aliphatic rings. The number of piperidine rings is 1. The Labute approximate surface area is 147 Å². The van der Waals surface area contributed by atoms with Gasteiger partial charge in [-0.05, 0) is 55.9 Å². The molecule has 2 unspecified atom stereocenters. The highest BCUT2D eigenvalue weighted by Crippen LogP contribution is 2.35. The summed E-state index contributed by atoms with van der Waals surface area (Å²) in [4.78, 5) is 30.8. The highest BCUT2D eigenvalue weighted by Gasteiger charge is 2.43. The second-order valence-electron chi connectivity index (χ2n) is 7.59. The number of hydrogen-bond donors (Lipinski definition) is 0. The van der Waals surface area contributed by atoms with Crippen molar-refractivity contribution in [3.8, 4) is 0 Å². The Balaban J connectivity index is 1.34. The number of fused-ring (bicyclic) bond motifs is 4. The molecule has 0 spiro atoms. The minimum Gasteiger partial charge on any atom is -0.340 e. The van der Waals surface area contributed by atoms with E-state index in [0.717, 1.165) is 44.7 Å². The van der Waals surface area contributed by atoms with E-state index in [-0.39, 0.29) is 17.9 Å². The molecule has 3 aliphatic heterocycles. The van der Waals surface area contributed by atoms with Crippen molar-refractivity contribution < 1.29 is 9.59 Å². The summed E-state index contributed by atoms with van der Waals surface area (Å²) in [6.07, 6.45) is 7.07. The molecule has 0 N–H and O–H groups in total. The largest absolute Gasteiger partial charge is 0.340 e. The lowest BCUT2D eigenvalue weighted by Crippen LogP contribution is -2.48. The van der Waals surface area contributed by atoms with Crippen molar-refractivity contribution in [3.63, 3.8) is 0 Å². The molecular weight excluding hydrogens is 320 g/mol. The van der Waals surface area contributed by atoms with Gasteiger partial charge in [0.2, 0.25) is 11.8 Å². The van der Waals surface area contributed by atoms with E-state index >= 15 is 0 Å². The van der Waals surface area contributed by atoms with Crippen LogP contribution < -0.4 is 0 Å². The summed E-state index contributed by atoms with van der Waals surface area (Å²) in [5, 5.41) is 2.09. The first-order valence-electron chi connectivity index (χ1n) is 9.31. The van der Waals surface area contributed by atoms with Gasteiger partial charge in [-0.1, -0.05) is 6.07 Å². The summed E-state index contributed by atoms with van der Waals surface area (Å²) < 4.78 is 0. The monoisotopic (exact) mass is 346 g/mol. The summed E-state index contributed by atoms with van der Waals surface area (Å²) in [6, 6.07) is 4.46. The van der Waals surface area contributed by atoms with Crippen LogP contribution in [0, 0.1) is 11.8 Å². The first-order chi connectivity index (χ1) is 11.7. The maximum atomic E-state index is 12.7. The fraction of sp³-hybridized carbons (Fsp3) is 0.684. The molecular formula is C19H26N2O2S. The van der Waals surface area contributed by atoms with Gasteiger partial charge in [-0.15, -0.1) is 11.3 Å². The molecule has 2 amide bonds. The summed E-state index contributed by atoms with van der Waals surface area (Å²) in [5.74, 6) is 1.32. The molecule has 0 radical (unpaired) electrons. The SMILES string of the molecule is O=C(CCCc1cccs1)N1CC2CCC(C1)N(CC1CC1)C2=O. The van der Waals surface area contributed by atoms with E-state index in [9.17, 15) is 9.59 Å². The van der Waals surface area contributed by atoms with E-state index < -0.39 is 0 Å². The van der Waals surface area contributed by atoms with Crippen molar-refractivity contribution in [1.29, 1.82) is 0 Å². The molecule has 3 saturated heterocycles. The lowest BCUT2D eigenvalue weighted by atomic mass is 9.94. The fourth-order valence-electron chi connectivity index (χ4n) is 4.09. The van der Waals surface area contributed by atoms with Crippen molar-refractivity contribution in [2.75, 3.05) is 19.6 Å². The zero-order valence-electron chi connectivity index (χ0n) is 14.2. The highest BCUT2D eigenvalue weighted by atomic mass is 32.1. The van der Waals surface area contributed by atoms with Gasteiger partial charge < -0.3 is 9.80 Å². The number of amides is 2. The van der Waals surface area contributed by atoms with Crippen molar-refractivity contribution in [1.82, 2.24) is 9.80 Å². The van der Waals surface area contributed by atoms with Crippen LogP contribution in [0.5, 0.6) is 0 Å². The predicted octanol–water partition coefficient (Wildman–Crippen LogP) is 2.93. The van der Waals surface area contributed by atoms with Gasteiger partial charge in [-0.25, -0.2) is 0 Å². The van der Waals surface area contributed by atoms with Gasteiger partial charge in [-0.2, -0.15) is 0 Å². The third kappa shape index (κ3) is 3.51. The van der Waals surface area contributed by atoms with Crippen LogP contribution in [0.25, 0.3) is 0 Å². The Kier molecular flexibility index (Phi) is 4.61. The number of thiophene rings is 1. The van der Waals surface area contributed by atoms with Crippen LogP contribution in [0.3, 0.4) is 0 Å². The van der Waals surface area contributed by atoms with E-state index in [1.165, 1.54) is 17.7 Å². The van der Waals surface area contributed by atoms with Gasteiger partial charge in [0.15, 0.2) is 0 Å². The van der Waals surface area contributed by atoms with E-state index in [0.29, 0.717) is 18.9 Å². The van der Waals surface area contributed by atoms with Gasteiger partial charge >= 0.3 is 0 Å². The molecule has 1 aliphatic carbocycles. The van der Waals surface area contributed by atoms with Gasteiger partial charge in [-0.3, -0.25) is 9.59 Å². The second-order valence-corrected chi connectivity index (χ2v) is 8.63. The van der Waals surface area contributed by atoms with E-state index in [1.807, 2.05) is 4.90 Å². The van der Waals surface area contributed by atoms with Crippen LogP contribution in [0.15, 0.2) is 17.5 Å². The molecule has 2 bridgehead atoms. The topological polar surface area (TPSA) is 40.6 Å². The quantitative estimate of drug-likeness (QED) is 0.795. The van der Waals surface area contributed by atoms with Crippen LogP contribution in [-0.2, 0) is 16.0 Å². The molecule has 1 aromatic heterocycles. The summed E-state index contributed by atoms with van der Waals surface area (Å²) in [5.41, 5.74) is 0. The Morgan fingerprint density at radius 2 is 2.08 bits per heavy atom. The number of aryl methyl sites for hydroxylation is 1. The molecule has 130 valence electrons. The normalized spacial score (nSPS) is 26.8. The van der Waals surface area contributed by atoms with Crippen molar-refractivity contribution in [2.45, 2.75) is 51.0 Å². The Morgan fingerprint density at radius 1 is 1.21 bits per heavy atom. The van der Waals surface area contributed by atoms with Crippen LogP contribution in [-0.4, -0.2) is 47.3 Å². The first kappa shape index (κ1) is 16.1. The van der Waals surface area contributed by atoms with E-state index in [2.05, 4.69) is 22.4 Å². The van der Waals surface area contributed by atoms with Crippen LogP contribution in [0.4, 0.5) is 0 Å². The molecule has 1 saturated carbocycles.